The minimum atomic E-state index is -4.43. The molecule has 2 aromatic heterocycles. The molecule has 3 aromatic rings. The molecular formula is C43H64FN6O8P. The van der Waals surface area contributed by atoms with Crippen LogP contribution >= 0.6 is 7.75 Å². The number of carbonyl (C=O) groups excluding carboxylic acids is 2. The third-order valence-corrected chi connectivity index (χ3v) is 12.4. The lowest BCUT2D eigenvalue weighted by atomic mass is 9.98. The van der Waals surface area contributed by atoms with Crippen LogP contribution in [0, 0.1) is 24.3 Å². The second-order valence-corrected chi connectivity index (χ2v) is 17.0. The molecule has 3 heterocycles. The number of para-hydroxylation sites is 1. The molecule has 4 rings (SSSR count). The van der Waals surface area contributed by atoms with Gasteiger partial charge in [-0.3, -0.25) is 18.7 Å². The number of imidazole rings is 1. The number of hydrogen-bond acceptors (Lipinski definition) is 12. The zero-order chi connectivity index (χ0) is 42.7. The van der Waals surface area contributed by atoms with Crippen LogP contribution in [0.2, 0.25) is 0 Å². The molecule has 326 valence electrons. The lowest BCUT2D eigenvalue weighted by Crippen LogP contribution is -2.45. The number of benzene rings is 1. The molecule has 1 saturated heterocycles. The average molecular weight is 843 g/mol. The second kappa shape index (κ2) is 24.2. The molecule has 0 aliphatic carbocycles. The van der Waals surface area contributed by atoms with E-state index in [9.17, 15) is 18.5 Å². The number of nitrogen functional groups attached to an aromatic ring is 1. The Morgan fingerprint density at radius 3 is 2.25 bits per heavy atom. The average Bonchev–Trinajstić information content (AvgIpc) is 3.81. The van der Waals surface area contributed by atoms with Crippen molar-refractivity contribution in [2.24, 2.45) is 5.92 Å². The van der Waals surface area contributed by atoms with Gasteiger partial charge in [0.25, 0.3) is 0 Å². The number of nitrogens with one attached hydrogen (secondary N) is 1. The molecule has 0 radical (unpaired) electrons. The number of carbonyl (C=O) groups is 2. The number of ether oxygens (including phenoxy) is 3. The molecule has 16 heteroatoms. The largest absolute Gasteiger partial charge is 0.464 e. The number of fused-ring (bicyclic) bond motifs is 1. The Hall–Kier alpha value is -4.09. The number of nitrogens with two attached hydrogens (primary N) is 1. The summed E-state index contributed by atoms with van der Waals surface area (Å²) >= 11 is 0. The SMILES string of the molecule is C#C[C@]1(CO[P@@](=O)(N[C@@H](C)C(=O)OCC(CC)CC)Oc2ccccc2)O[C@@H](n2cnc3c(N)nc(F)nc32)C[C@@H]1OC(=O)CCCCCCCCCCCCCCC. The van der Waals surface area contributed by atoms with Gasteiger partial charge in [-0.15, -0.1) is 6.42 Å². The van der Waals surface area contributed by atoms with E-state index in [0.29, 0.717) is 6.42 Å². The third-order valence-electron chi connectivity index (χ3n) is 10.8. The van der Waals surface area contributed by atoms with Gasteiger partial charge in [-0.2, -0.15) is 19.4 Å². The van der Waals surface area contributed by atoms with Crippen LogP contribution < -0.4 is 15.3 Å². The normalized spacial score (nSPS) is 19.3. The van der Waals surface area contributed by atoms with Gasteiger partial charge in [0.15, 0.2) is 22.6 Å². The number of rotatable bonds is 28. The van der Waals surface area contributed by atoms with Gasteiger partial charge in [0, 0.05) is 12.8 Å². The van der Waals surface area contributed by atoms with Gasteiger partial charge >= 0.3 is 25.8 Å². The molecule has 0 bridgehead atoms. The zero-order valence-corrected chi connectivity index (χ0v) is 36.1. The van der Waals surface area contributed by atoms with Crippen molar-refractivity contribution >= 4 is 36.7 Å². The number of aromatic nitrogens is 4. The molecule has 3 N–H and O–H groups in total. The molecule has 59 heavy (non-hydrogen) atoms. The summed E-state index contributed by atoms with van der Waals surface area (Å²) in [7, 11) is -4.43. The van der Waals surface area contributed by atoms with Crippen LogP contribution in [0.5, 0.6) is 5.75 Å². The molecule has 1 aromatic carbocycles. The first-order valence-electron chi connectivity index (χ1n) is 21.4. The second-order valence-electron chi connectivity index (χ2n) is 15.4. The van der Waals surface area contributed by atoms with Gasteiger partial charge in [0.1, 0.15) is 30.7 Å². The predicted molar refractivity (Wildman–Crippen MR) is 224 cm³/mol. The van der Waals surface area contributed by atoms with Gasteiger partial charge < -0.3 is 24.5 Å². The molecule has 1 aliphatic heterocycles. The topological polar surface area (TPSA) is 179 Å². The minimum Gasteiger partial charge on any atom is -0.464 e. The lowest BCUT2D eigenvalue weighted by Gasteiger charge is -2.31. The number of anilines is 1. The molecule has 5 atom stereocenters. The summed E-state index contributed by atoms with van der Waals surface area (Å²) in [5.74, 6) is 1.63. The molecule has 1 aliphatic rings. The molecule has 1 fully saturated rings. The first-order valence-corrected chi connectivity index (χ1v) is 22.9. The summed E-state index contributed by atoms with van der Waals surface area (Å²) in [5, 5.41) is 2.68. The highest BCUT2D eigenvalue weighted by atomic mass is 31.2. The van der Waals surface area contributed by atoms with Crippen LogP contribution in [0.1, 0.15) is 143 Å². The number of terminal acetylenes is 1. The summed E-state index contributed by atoms with van der Waals surface area (Å²) < 4.78 is 60.1. The van der Waals surface area contributed by atoms with Crippen molar-refractivity contribution in [2.75, 3.05) is 18.9 Å². The fourth-order valence-electron chi connectivity index (χ4n) is 7.01. The highest BCUT2D eigenvalue weighted by molar-refractivity contribution is 7.52. The van der Waals surface area contributed by atoms with E-state index in [1.807, 2.05) is 13.8 Å². The first kappa shape index (κ1) is 47.6. The van der Waals surface area contributed by atoms with Crippen LogP contribution in [0.3, 0.4) is 0 Å². The van der Waals surface area contributed by atoms with Gasteiger partial charge in [-0.25, -0.2) is 9.55 Å². The van der Waals surface area contributed by atoms with Crippen LogP contribution in [0.4, 0.5) is 10.2 Å². The standard InChI is InChI=1S/C43H64FN6O8P/c1-6-10-11-12-13-14-15-16-17-18-19-20-24-27-37(51)56-35-28-36(50-31-46-38-39(45)47-42(44)48-40(38)50)57-43(35,9-4)30-55-59(53,58-34-25-22-21-23-26-34)49-32(5)41(52)54-29-33(7-2)8-3/h4,21-23,25-26,31-33,35-36H,6-8,10-20,24,27-30H2,1-3,5H3,(H,49,53)(H2,45,47,48)/t32-,35-,36+,43+,59-/m0/s1. The van der Waals surface area contributed by atoms with E-state index >= 15 is 0 Å². The van der Waals surface area contributed by atoms with E-state index in [2.05, 4.69) is 32.9 Å². The van der Waals surface area contributed by atoms with Crippen molar-refractivity contribution < 1.29 is 41.8 Å². The number of halogens is 1. The monoisotopic (exact) mass is 842 g/mol. The van der Waals surface area contributed by atoms with E-state index in [1.54, 1.807) is 30.3 Å². The fraction of sp³-hybridized carbons (Fsp3) is 0.651. The van der Waals surface area contributed by atoms with Crippen molar-refractivity contribution in [1.29, 1.82) is 0 Å². The number of unbranched alkanes of at least 4 members (excludes halogenated alkanes) is 12. The maximum atomic E-state index is 14.5. The molecule has 0 spiro atoms. The zero-order valence-electron chi connectivity index (χ0n) is 35.2. The number of nitrogens with zero attached hydrogens (tertiary/aromatic N) is 4. The van der Waals surface area contributed by atoms with Crippen molar-refractivity contribution in [2.45, 2.75) is 161 Å². The molecular weight excluding hydrogens is 778 g/mol. The lowest BCUT2D eigenvalue weighted by molar-refractivity contribution is -0.158. The van der Waals surface area contributed by atoms with E-state index in [0.717, 1.165) is 32.1 Å². The first-order chi connectivity index (χ1) is 28.5. The van der Waals surface area contributed by atoms with Gasteiger partial charge in [0.05, 0.1) is 12.9 Å². The highest BCUT2D eigenvalue weighted by Gasteiger charge is 2.53. The van der Waals surface area contributed by atoms with Crippen LogP contribution in [-0.4, -0.2) is 62.4 Å². The maximum absolute atomic E-state index is 14.5. The molecule has 0 amide bonds. The number of esters is 2. The van der Waals surface area contributed by atoms with Crippen LogP contribution in [0.15, 0.2) is 36.7 Å². The Morgan fingerprint density at radius 1 is 1.02 bits per heavy atom. The summed E-state index contributed by atoms with van der Waals surface area (Å²) in [6, 6.07) is 7.15. The maximum Gasteiger partial charge on any atom is 0.459 e. The predicted octanol–water partition coefficient (Wildman–Crippen LogP) is 9.39. The third kappa shape index (κ3) is 14.6. The molecule has 0 saturated carbocycles. The van der Waals surface area contributed by atoms with Crippen molar-refractivity contribution in [1.82, 2.24) is 24.6 Å². The Morgan fingerprint density at radius 2 is 1.64 bits per heavy atom. The smallest absolute Gasteiger partial charge is 0.459 e. The summed E-state index contributed by atoms with van der Waals surface area (Å²) in [6.07, 6.45) is 21.3. The van der Waals surface area contributed by atoms with Crippen LogP contribution in [-0.2, 0) is 32.9 Å². The van der Waals surface area contributed by atoms with E-state index in [-0.39, 0.29) is 48.1 Å². The summed E-state index contributed by atoms with van der Waals surface area (Å²) in [6.45, 7) is 7.33. The van der Waals surface area contributed by atoms with Gasteiger partial charge in [-0.1, -0.05) is 135 Å². The molecule has 0 unspecified atom stereocenters. The Labute approximate surface area is 348 Å². The Kier molecular flexibility index (Phi) is 19.5. The van der Waals surface area contributed by atoms with E-state index in [4.69, 9.17) is 35.4 Å². The van der Waals surface area contributed by atoms with Gasteiger partial charge in [0.2, 0.25) is 0 Å². The van der Waals surface area contributed by atoms with Crippen molar-refractivity contribution in [3.63, 3.8) is 0 Å². The Balaban J connectivity index is 1.46. The van der Waals surface area contributed by atoms with E-state index in [1.165, 1.54) is 75.6 Å². The van der Waals surface area contributed by atoms with Crippen LogP contribution in [0.25, 0.3) is 11.2 Å². The molecule has 14 nitrogen and oxygen atoms in total. The van der Waals surface area contributed by atoms with Crippen molar-refractivity contribution in [3.05, 3.63) is 42.7 Å². The van der Waals surface area contributed by atoms with Gasteiger partial charge in [-0.05, 0) is 31.4 Å². The quantitative estimate of drug-likeness (QED) is 0.0232. The summed E-state index contributed by atoms with van der Waals surface area (Å²) in [4.78, 5) is 38.1. The van der Waals surface area contributed by atoms with E-state index < -0.39 is 56.3 Å². The highest BCUT2D eigenvalue weighted by Crippen LogP contribution is 2.48. The minimum absolute atomic E-state index is 0.0229. The number of hydrogen-bond donors (Lipinski definition) is 2. The summed E-state index contributed by atoms with van der Waals surface area (Å²) in [5.41, 5.74) is 4.25. The van der Waals surface area contributed by atoms with Crippen molar-refractivity contribution in [3.8, 4) is 18.1 Å². The fourth-order valence-corrected chi connectivity index (χ4v) is 8.53. The Bertz CT molecular complexity index is 1840.